The highest BCUT2D eigenvalue weighted by Gasteiger charge is 2.35. The summed E-state index contributed by atoms with van der Waals surface area (Å²) >= 11 is 0. The number of nitrogens with two attached hydrogens (primary N) is 1. The zero-order valence-corrected chi connectivity index (χ0v) is 19.2. The number of carbonyl (C=O) groups is 2. The van der Waals surface area contributed by atoms with E-state index < -0.39 is 29.2 Å². The maximum atomic E-state index is 13.4. The molecule has 1 unspecified atom stereocenters. The Hall–Kier alpha value is -3.37. The Labute approximate surface area is 204 Å². The first kappa shape index (κ1) is 26.2. The van der Waals surface area contributed by atoms with Gasteiger partial charge in [-0.3, -0.25) is 14.4 Å². The van der Waals surface area contributed by atoms with E-state index >= 15 is 0 Å². The van der Waals surface area contributed by atoms with Crippen LogP contribution in [-0.4, -0.2) is 36.1 Å². The largest absolute Gasteiger partial charge is 0.463 e. The van der Waals surface area contributed by atoms with Crippen molar-refractivity contribution in [2.45, 2.75) is 31.0 Å². The van der Waals surface area contributed by atoms with E-state index in [1.165, 1.54) is 24.3 Å². The number of alkyl halides is 3. The van der Waals surface area contributed by atoms with Gasteiger partial charge in [0.2, 0.25) is 5.91 Å². The van der Waals surface area contributed by atoms with Crippen LogP contribution in [-0.2, 0) is 20.5 Å². The number of nitrogens with one attached hydrogen (secondary N) is 2. The monoisotopic (exact) mass is 509 g/mol. The number of benzene rings is 2. The normalized spacial score (nSPS) is 17.7. The van der Waals surface area contributed by atoms with Gasteiger partial charge in [0.15, 0.2) is 0 Å². The highest BCUT2D eigenvalue weighted by atomic mass is 35.5. The number of pyridine rings is 1. The van der Waals surface area contributed by atoms with Crippen molar-refractivity contribution in [3.05, 3.63) is 70.0 Å². The van der Waals surface area contributed by atoms with E-state index in [9.17, 15) is 27.6 Å². The number of aromatic amines is 1. The molecule has 7 nitrogen and oxygen atoms in total. The SMILES string of the molecule is Cl.NCCC(=O)OCC1C[C@H](c2ccc3cc(-c4ccccc4C(F)(F)F)[nH]c(=O)c3c2)C(=O)N1. The van der Waals surface area contributed by atoms with Crippen molar-refractivity contribution in [1.29, 1.82) is 0 Å². The minimum atomic E-state index is -4.57. The smallest absolute Gasteiger partial charge is 0.417 e. The molecule has 0 saturated carbocycles. The molecule has 11 heteroatoms. The summed E-state index contributed by atoms with van der Waals surface area (Å²) in [5.74, 6) is -1.25. The van der Waals surface area contributed by atoms with Crippen LogP contribution in [0.3, 0.4) is 0 Å². The first-order valence-corrected chi connectivity index (χ1v) is 10.7. The molecule has 0 aliphatic carbocycles. The Bertz CT molecular complexity index is 1310. The van der Waals surface area contributed by atoms with Crippen LogP contribution in [0.4, 0.5) is 13.2 Å². The van der Waals surface area contributed by atoms with Gasteiger partial charge in [-0.15, -0.1) is 12.4 Å². The zero-order chi connectivity index (χ0) is 24.5. The van der Waals surface area contributed by atoms with E-state index in [2.05, 4.69) is 10.3 Å². The van der Waals surface area contributed by atoms with Crippen LogP contribution in [0.2, 0.25) is 0 Å². The molecule has 186 valence electrons. The predicted molar refractivity (Wildman–Crippen MR) is 126 cm³/mol. The summed E-state index contributed by atoms with van der Waals surface area (Å²) in [7, 11) is 0. The molecule has 1 saturated heterocycles. The predicted octanol–water partition coefficient (Wildman–Crippen LogP) is 3.50. The van der Waals surface area contributed by atoms with E-state index in [0.717, 1.165) is 6.07 Å². The summed E-state index contributed by atoms with van der Waals surface area (Å²) in [4.78, 5) is 39.3. The van der Waals surface area contributed by atoms with Crippen molar-refractivity contribution in [3.63, 3.8) is 0 Å². The maximum Gasteiger partial charge on any atom is 0.417 e. The number of fused-ring (bicyclic) bond motifs is 1. The lowest BCUT2D eigenvalue weighted by Crippen LogP contribution is -2.31. The Morgan fingerprint density at radius 3 is 2.57 bits per heavy atom. The van der Waals surface area contributed by atoms with Crippen molar-refractivity contribution in [2.75, 3.05) is 13.2 Å². The van der Waals surface area contributed by atoms with Gasteiger partial charge in [-0.2, -0.15) is 13.2 Å². The number of ether oxygens (including phenoxy) is 1. The molecule has 2 atom stereocenters. The van der Waals surface area contributed by atoms with E-state index in [1.807, 2.05) is 0 Å². The van der Waals surface area contributed by atoms with Crippen LogP contribution in [0, 0.1) is 0 Å². The summed E-state index contributed by atoms with van der Waals surface area (Å²) in [5, 5.41) is 3.48. The van der Waals surface area contributed by atoms with Gasteiger partial charge in [0.1, 0.15) is 6.61 Å². The Morgan fingerprint density at radius 2 is 1.86 bits per heavy atom. The number of aromatic nitrogens is 1. The molecular weight excluding hydrogens is 487 g/mol. The molecule has 1 aliphatic heterocycles. The van der Waals surface area contributed by atoms with Crippen LogP contribution in [0.25, 0.3) is 22.0 Å². The lowest BCUT2D eigenvalue weighted by Gasteiger charge is -2.14. The fourth-order valence-electron chi connectivity index (χ4n) is 4.14. The number of halogens is 4. The van der Waals surface area contributed by atoms with Gasteiger partial charge in [0.25, 0.3) is 5.56 Å². The third kappa shape index (κ3) is 5.66. The third-order valence-electron chi connectivity index (χ3n) is 5.77. The molecule has 2 heterocycles. The second kappa shape index (κ2) is 10.5. The number of amides is 1. The summed E-state index contributed by atoms with van der Waals surface area (Å²) < 4.78 is 45.4. The van der Waals surface area contributed by atoms with Gasteiger partial charge in [0.05, 0.1) is 23.9 Å². The van der Waals surface area contributed by atoms with Crippen LogP contribution in [0.5, 0.6) is 0 Å². The average Bonchev–Trinajstić information content (AvgIpc) is 3.17. The molecule has 35 heavy (non-hydrogen) atoms. The van der Waals surface area contributed by atoms with Gasteiger partial charge in [0, 0.05) is 23.2 Å². The van der Waals surface area contributed by atoms with E-state index in [0.29, 0.717) is 17.4 Å². The maximum absolute atomic E-state index is 13.4. The second-order valence-electron chi connectivity index (χ2n) is 8.12. The standard InChI is InChI=1S/C24H22F3N3O4.ClH/c25-24(26,27)19-4-2-1-3-16(19)20-10-14-6-5-13(9-17(14)23(33)30-20)18-11-15(29-22(18)32)12-34-21(31)7-8-28;/h1-6,9-10,15,18H,7-8,11-12,28H2,(H,29,32)(H,30,33);1H/t15?,18-;/m1./s1. The molecule has 4 rings (SSSR count). The lowest BCUT2D eigenvalue weighted by molar-refractivity contribution is -0.144. The molecule has 1 fully saturated rings. The van der Waals surface area contributed by atoms with Crippen molar-refractivity contribution < 1.29 is 27.5 Å². The molecular formula is C24H23ClF3N3O4. The van der Waals surface area contributed by atoms with Gasteiger partial charge in [-0.05, 0) is 35.6 Å². The van der Waals surface area contributed by atoms with Gasteiger partial charge < -0.3 is 20.8 Å². The third-order valence-corrected chi connectivity index (χ3v) is 5.77. The molecule has 1 aliphatic rings. The molecule has 0 bridgehead atoms. The van der Waals surface area contributed by atoms with Crippen molar-refractivity contribution >= 4 is 35.1 Å². The van der Waals surface area contributed by atoms with Gasteiger partial charge in [-0.25, -0.2) is 0 Å². The molecule has 1 aromatic heterocycles. The number of rotatable bonds is 6. The average molecular weight is 510 g/mol. The Balaban J connectivity index is 0.00000342. The fourth-order valence-corrected chi connectivity index (χ4v) is 4.14. The van der Waals surface area contributed by atoms with Gasteiger partial charge >= 0.3 is 12.1 Å². The summed E-state index contributed by atoms with van der Waals surface area (Å²) in [5.41, 5.74) is 4.43. The van der Waals surface area contributed by atoms with Crippen molar-refractivity contribution in [3.8, 4) is 11.3 Å². The van der Waals surface area contributed by atoms with Crippen LogP contribution in [0.15, 0.2) is 53.3 Å². The molecule has 3 aromatic rings. The van der Waals surface area contributed by atoms with E-state index in [4.69, 9.17) is 10.5 Å². The first-order valence-electron chi connectivity index (χ1n) is 10.7. The fraction of sp³-hybridized carbons (Fsp3) is 0.292. The number of esters is 1. The number of hydrogen-bond acceptors (Lipinski definition) is 5. The number of hydrogen-bond donors (Lipinski definition) is 3. The van der Waals surface area contributed by atoms with Crippen LogP contribution >= 0.6 is 12.4 Å². The Morgan fingerprint density at radius 1 is 1.11 bits per heavy atom. The zero-order valence-electron chi connectivity index (χ0n) is 18.4. The van der Waals surface area contributed by atoms with E-state index in [1.54, 1.807) is 18.2 Å². The highest BCUT2D eigenvalue weighted by Crippen LogP contribution is 2.37. The molecule has 0 radical (unpaired) electrons. The second-order valence-corrected chi connectivity index (χ2v) is 8.12. The molecule has 4 N–H and O–H groups in total. The Kier molecular flexibility index (Phi) is 7.86. The van der Waals surface area contributed by atoms with Gasteiger partial charge in [-0.1, -0.05) is 30.3 Å². The highest BCUT2D eigenvalue weighted by molar-refractivity contribution is 5.90. The lowest BCUT2D eigenvalue weighted by atomic mass is 9.93. The number of carbonyl (C=O) groups excluding carboxylic acids is 2. The minimum Gasteiger partial charge on any atom is -0.463 e. The van der Waals surface area contributed by atoms with Crippen molar-refractivity contribution in [1.82, 2.24) is 10.3 Å². The van der Waals surface area contributed by atoms with E-state index in [-0.39, 0.29) is 60.6 Å². The molecule has 2 aromatic carbocycles. The quantitative estimate of drug-likeness (QED) is 0.440. The molecule has 0 spiro atoms. The summed E-state index contributed by atoms with van der Waals surface area (Å²) in [6.07, 6.45) is -4.11. The van der Waals surface area contributed by atoms with Crippen LogP contribution in [0.1, 0.15) is 29.9 Å². The minimum absolute atomic E-state index is 0. The summed E-state index contributed by atoms with van der Waals surface area (Å²) in [6, 6.07) is 11.0. The number of H-pyrrole nitrogens is 1. The first-order chi connectivity index (χ1) is 16.2. The summed E-state index contributed by atoms with van der Waals surface area (Å²) in [6.45, 7) is 0.199. The molecule has 1 amide bonds. The topological polar surface area (TPSA) is 114 Å². The van der Waals surface area contributed by atoms with Crippen molar-refractivity contribution in [2.24, 2.45) is 5.73 Å². The van der Waals surface area contributed by atoms with Crippen LogP contribution < -0.4 is 16.6 Å².